The summed E-state index contributed by atoms with van der Waals surface area (Å²) in [7, 11) is 1.53. The van der Waals surface area contributed by atoms with Crippen molar-refractivity contribution in [3.63, 3.8) is 0 Å². The first-order chi connectivity index (χ1) is 14.0. The number of Topliss-reactive ketones (excluding diaryl/α,β-unsaturated/α-hetero) is 1. The van der Waals surface area contributed by atoms with Gasteiger partial charge in [0.25, 0.3) is 0 Å². The van der Waals surface area contributed by atoms with E-state index in [1.54, 1.807) is 24.3 Å². The number of esters is 1. The fraction of sp³-hybridized carbons (Fsp3) is 0.455. The van der Waals surface area contributed by atoms with E-state index < -0.39 is 19.1 Å². The number of hydrogen-bond donors (Lipinski definition) is 0. The van der Waals surface area contributed by atoms with Gasteiger partial charge in [-0.2, -0.15) is 0 Å². The molecule has 6 atom stereocenters. The van der Waals surface area contributed by atoms with Crippen molar-refractivity contribution in [1.82, 2.24) is 4.90 Å². The minimum atomic E-state index is -0.752. The van der Waals surface area contributed by atoms with Crippen molar-refractivity contribution in [2.75, 3.05) is 20.3 Å². The van der Waals surface area contributed by atoms with Crippen molar-refractivity contribution in [3.8, 4) is 5.75 Å². The molecule has 1 aromatic carbocycles. The van der Waals surface area contributed by atoms with Gasteiger partial charge < -0.3 is 9.47 Å². The van der Waals surface area contributed by atoms with Gasteiger partial charge in [-0.05, 0) is 54.4 Å². The topological polar surface area (TPSA) is 90.0 Å². The number of likely N-dealkylation sites (tertiary alicyclic amines) is 1. The minimum absolute atomic E-state index is 0.115. The summed E-state index contributed by atoms with van der Waals surface area (Å²) in [4.78, 5) is 51.1. The highest BCUT2D eigenvalue weighted by Gasteiger charge is 2.67. The number of methoxy groups -OCH3 is 1. The number of amides is 2. The third-order valence-electron chi connectivity index (χ3n) is 6.82. The van der Waals surface area contributed by atoms with Crippen LogP contribution in [-0.2, 0) is 19.1 Å². The average molecular weight is 395 g/mol. The van der Waals surface area contributed by atoms with Gasteiger partial charge in [0, 0.05) is 5.56 Å². The maximum Gasteiger partial charge on any atom is 0.326 e. The van der Waals surface area contributed by atoms with Crippen LogP contribution in [0.25, 0.3) is 0 Å². The number of rotatable bonds is 6. The summed E-state index contributed by atoms with van der Waals surface area (Å²) >= 11 is 0. The fourth-order valence-corrected chi connectivity index (χ4v) is 5.36. The molecule has 0 spiro atoms. The second-order valence-corrected chi connectivity index (χ2v) is 8.23. The number of carbonyl (C=O) groups is 4. The Morgan fingerprint density at radius 2 is 1.59 bits per heavy atom. The summed E-state index contributed by atoms with van der Waals surface area (Å²) in [6, 6.07) is 6.46. The first-order valence-corrected chi connectivity index (χ1v) is 9.86. The highest BCUT2D eigenvalue weighted by atomic mass is 16.5. The van der Waals surface area contributed by atoms with Crippen molar-refractivity contribution in [3.05, 3.63) is 42.0 Å². The molecule has 1 aliphatic heterocycles. The number of carbonyl (C=O) groups excluding carboxylic acids is 4. The second kappa shape index (κ2) is 6.54. The molecule has 29 heavy (non-hydrogen) atoms. The predicted octanol–water partition coefficient (Wildman–Crippen LogP) is 1.47. The first-order valence-electron chi connectivity index (χ1n) is 9.86. The molecule has 3 fully saturated rings. The Morgan fingerprint density at radius 3 is 2.14 bits per heavy atom. The van der Waals surface area contributed by atoms with Crippen LogP contribution in [0.15, 0.2) is 36.4 Å². The molecule has 5 aliphatic rings. The van der Waals surface area contributed by atoms with Crippen LogP contribution in [0.1, 0.15) is 16.8 Å². The number of hydrogen-bond acceptors (Lipinski definition) is 6. The normalized spacial score (nSPS) is 33.3. The highest BCUT2D eigenvalue weighted by molar-refractivity contribution is 6.08. The fourth-order valence-electron chi connectivity index (χ4n) is 5.36. The van der Waals surface area contributed by atoms with E-state index in [1.165, 1.54) is 7.11 Å². The summed E-state index contributed by atoms with van der Waals surface area (Å²) in [6.07, 6.45) is 5.26. The Kier molecular flexibility index (Phi) is 4.08. The number of benzene rings is 1. The molecule has 150 valence electrons. The van der Waals surface area contributed by atoms with Crippen LogP contribution in [0.5, 0.6) is 5.75 Å². The summed E-state index contributed by atoms with van der Waals surface area (Å²) in [5.41, 5.74) is 0.389. The van der Waals surface area contributed by atoms with Gasteiger partial charge in [-0.25, -0.2) is 0 Å². The Balaban J connectivity index is 1.20. The van der Waals surface area contributed by atoms with Gasteiger partial charge in [0.15, 0.2) is 12.4 Å². The quantitative estimate of drug-likeness (QED) is 0.314. The average Bonchev–Trinajstić information content (AvgIpc) is 3.53. The molecule has 2 saturated carbocycles. The Hall–Kier alpha value is -2.96. The van der Waals surface area contributed by atoms with E-state index in [0.717, 1.165) is 11.3 Å². The molecule has 1 saturated heterocycles. The molecule has 1 aromatic rings. The monoisotopic (exact) mass is 395 g/mol. The lowest BCUT2D eigenvalue weighted by molar-refractivity contribution is -0.152. The molecule has 0 unspecified atom stereocenters. The standard InChI is InChI=1S/C22H21NO6/c1-28-12-4-2-11(3-5-12)17(24)10-29-18(25)9-23-21(26)19-13-6-7-14(16-8-15(13)16)20(19)22(23)27/h2-7,13-16,19-20H,8-10H2,1H3/t13-,14-,15-,16+,19+,20+/m0/s1. The molecule has 0 aromatic heterocycles. The molecule has 0 radical (unpaired) electrons. The van der Waals surface area contributed by atoms with Crippen LogP contribution < -0.4 is 4.74 Å². The first kappa shape index (κ1) is 18.1. The van der Waals surface area contributed by atoms with E-state index in [2.05, 4.69) is 12.2 Å². The maximum atomic E-state index is 12.8. The molecule has 6 rings (SSSR count). The van der Waals surface area contributed by atoms with Gasteiger partial charge in [0.2, 0.25) is 11.8 Å². The number of ketones is 1. The number of nitrogens with zero attached hydrogens (tertiary/aromatic N) is 1. The molecule has 0 N–H and O–H groups in total. The molecule has 2 amide bonds. The third-order valence-corrected chi connectivity index (χ3v) is 6.82. The van der Waals surface area contributed by atoms with Crippen LogP contribution >= 0.6 is 0 Å². The lowest BCUT2D eigenvalue weighted by Crippen LogP contribution is -2.40. The van der Waals surface area contributed by atoms with Gasteiger partial charge >= 0.3 is 5.97 Å². The SMILES string of the molecule is COc1ccc(C(=O)COC(=O)CN2C(=O)[C@@H]3[C@H]4C=C[C@@H]([C@@H]5C[C@H]45)[C@H]3C2=O)cc1. The van der Waals surface area contributed by atoms with Gasteiger partial charge in [-0.15, -0.1) is 0 Å². The summed E-state index contributed by atoms with van der Waals surface area (Å²) in [5.74, 6) is -0.473. The summed E-state index contributed by atoms with van der Waals surface area (Å²) in [5, 5.41) is 0. The number of ether oxygens (including phenoxy) is 2. The van der Waals surface area contributed by atoms with Crippen LogP contribution in [0.3, 0.4) is 0 Å². The van der Waals surface area contributed by atoms with Crippen LogP contribution in [0, 0.1) is 35.5 Å². The smallest absolute Gasteiger partial charge is 0.326 e. The second-order valence-electron chi connectivity index (χ2n) is 8.23. The summed E-state index contributed by atoms with van der Waals surface area (Å²) < 4.78 is 10.1. The van der Waals surface area contributed by atoms with E-state index in [9.17, 15) is 19.2 Å². The van der Waals surface area contributed by atoms with Crippen LogP contribution in [0.4, 0.5) is 0 Å². The molecule has 1 heterocycles. The van der Waals surface area contributed by atoms with Gasteiger partial charge in [0.1, 0.15) is 12.3 Å². The third kappa shape index (κ3) is 2.79. The van der Waals surface area contributed by atoms with E-state index in [4.69, 9.17) is 9.47 Å². The van der Waals surface area contributed by atoms with Crippen LogP contribution in [0.2, 0.25) is 0 Å². The number of allylic oxidation sites excluding steroid dienone is 2. The zero-order chi connectivity index (χ0) is 20.3. The lowest BCUT2D eigenvalue weighted by atomic mass is 9.63. The highest BCUT2D eigenvalue weighted by Crippen LogP contribution is 2.65. The zero-order valence-electron chi connectivity index (χ0n) is 15.9. The van der Waals surface area contributed by atoms with Crippen molar-refractivity contribution >= 4 is 23.6 Å². The molecular formula is C22H21NO6. The molecule has 7 nitrogen and oxygen atoms in total. The van der Waals surface area contributed by atoms with Crippen molar-refractivity contribution in [2.24, 2.45) is 35.5 Å². The van der Waals surface area contributed by atoms with Crippen molar-refractivity contribution in [2.45, 2.75) is 6.42 Å². The minimum Gasteiger partial charge on any atom is -0.497 e. The van der Waals surface area contributed by atoms with Crippen LogP contribution in [-0.4, -0.2) is 48.7 Å². The molecule has 2 bridgehead atoms. The molecule has 7 heteroatoms. The van der Waals surface area contributed by atoms with Gasteiger partial charge in [0.05, 0.1) is 18.9 Å². The van der Waals surface area contributed by atoms with Gasteiger partial charge in [-0.1, -0.05) is 12.2 Å². The zero-order valence-corrected chi connectivity index (χ0v) is 15.9. The van der Waals surface area contributed by atoms with E-state index in [-0.39, 0.29) is 41.3 Å². The largest absolute Gasteiger partial charge is 0.497 e. The Bertz CT molecular complexity index is 899. The van der Waals surface area contributed by atoms with E-state index in [1.807, 2.05) is 0 Å². The predicted molar refractivity (Wildman–Crippen MR) is 99.7 cm³/mol. The lowest BCUT2D eigenvalue weighted by Gasteiger charge is -2.37. The molecule has 4 aliphatic carbocycles. The van der Waals surface area contributed by atoms with E-state index >= 15 is 0 Å². The van der Waals surface area contributed by atoms with Gasteiger partial charge in [-0.3, -0.25) is 24.1 Å². The van der Waals surface area contributed by atoms with Crippen molar-refractivity contribution in [1.29, 1.82) is 0 Å². The maximum absolute atomic E-state index is 12.8. The number of imide groups is 1. The summed E-state index contributed by atoms with van der Waals surface area (Å²) in [6.45, 7) is -0.874. The van der Waals surface area contributed by atoms with Crippen molar-refractivity contribution < 1.29 is 28.7 Å². The Morgan fingerprint density at radius 1 is 1.00 bits per heavy atom. The van der Waals surface area contributed by atoms with E-state index in [0.29, 0.717) is 23.1 Å². The molecular weight excluding hydrogens is 374 g/mol. The Labute approximate surface area is 167 Å².